The molecule has 9 heteroatoms. The topological polar surface area (TPSA) is 91.4 Å². The molecule has 0 fully saturated rings. The number of nitrogens with zero attached hydrogens (tertiary/aromatic N) is 2. The monoisotopic (exact) mass is 443 g/mol. The number of carbonyl (C=O) groups excluding carboxylic acids is 1. The summed E-state index contributed by atoms with van der Waals surface area (Å²) in [6.45, 7) is 11.3. The minimum atomic E-state index is -0.437. The van der Waals surface area contributed by atoms with Gasteiger partial charge in [-0.05, 0) is 12.1 Å². The Kier molecular flexibility index (Phi) is 20.5. The lowest BCUT2D eigenvalue weighted by molar-refractivity contribution is 0.0350. The Bertz CT molecular complexity index is 548. The molecule has 180 valence electrons. The Balaban J connectivity index is 0.00000436. The van der Waals surface area contributed by atoms with Crippen LogP contribution in [0.25, 0.3) is 0 Å². The Morgan fingerprint density at radius 1 is 0.903 bits per heavy atom. The van der Waals surface area contributed by atoms with Crippen molar-refractivity contribution in [1.29, 1.82) is 0 Å². The average Bonchev–Trinajstić information content (AvgIpc) is 2.81. The second-order valence-corrected chi connectivity index (χ2v) is 6.24. The van der Waals surface area contributed by atoms with Gasteiger partial charge in [-0.2, -0.15) is 0 Å². The zero-order chi connectivity index (χ0) is 23.2. The van der Waals surface area contributed by atoms with Crippen LogP contribution in [0.5, 0.6) is 0 Å². The highest BCUT2D eigenvalue weighted by Gasteiger charge is 2.11. The molecule has 0 unspecified atom stereocenters. The largest absolute Gasteiger partial charge is 0.464 e. The third-order valence-electron chi connectivity index (χ3n) is 4.03. The lowest BCUT2D eigenvalue weighted by atomic mass is 10.3. The van der Waals surface area contributed by atoms with Crippen molar-refractivity contribution in [2.45, 2.75) is 20.4 Å². The van der Waals surface area contributed by atoms with Crippen LogP contribution in [0, 0.1) is 0 Å². The Morgan fingerprint density at radius 3 is 2.23 bits per heavy atom. The van der Waals surface area contributed by atoms with Gasteiger partial charge >= 0.3 is 5.97 Å². The minimum Gasteiger partial charge on any atom is -0.464 e. The molecule has 0 spiro atoms. The van der Waals surface area contributed by atoms with Crippen molar-refractivity contribution in [2.24, 2.45) is 0 Å². The molecule has 0 amide bonds. The fraction of sp³-hybridized carbons (Fsp3) is 0.727. The first-order valence-corrected chi connectivity index (χ1v) is 10.8. The van der Waals surface area contributed by atoms with Crippen molar-refractivity contribution in [3.05, 3.63) is 29.6 Å². The zero-order valence-corrected chi connectivity index (χ0v) is 19.9. The number of aromatic nitrogens is 1. The van der Waals surface area contributed by atoms with Gasteiger partial charge in [-0.25, -0.2) is 9.78 Å². The van der Waals surface area contributed by atoms with Crippen molar-refractivity contribution in [3.8, 4) is 0 Å². The van der Waals surface area contributed by atoms with E-state index in [1.807, 2.05) is 19.9 Å². The summed E-state index contributed by atoms with van der Waals surface area (Å²) in [7, 11) is 4.70. The SMILES string of the molecule is CC.COCCNCCOCCOCCN(CCOC)Cc1cccc(C(=O)OC)n1. The number of esters is 1. The van der Waals surface area contributed by atoms with E-state index in [1.54, 1.807) is 26.4 Å². The summed E-state index contributed by atoms with van der Waals surface area (Å²) in [5.74, 6) is -0.437. The molecule has 0 bridgehead atoms. The summed E-state index contributed by atoms with van der Waals surface area (Å²) in [6.07, 6.45) is 0. The molecule has 9 nitrogen and oxygen atoms in total. The first kappa shape index (κ1) is 29.4. The van der Waals surface area contributed by atoms with Gasteiger partial charge in [0.2, 0.25) is 0 Å². The van der Waals surface area contributed by atoms with Crippen molar-refractivity contribution in [1.82, 2.24) is 15.2 Å². The lowest BCUT2D eigenvalue weighted by Crippen LogP contribution is -2.31. The summed E-state index contributed by atoms with van der Waals surface area (Å²) in [4.78, 5) is 18.2. The summed E-state index contributed by atoms with van der Waals surface area (Å²) in [5, 5.41) is 3.22. The number of pyridine rings is 1. The molecular weight excluding hydrogens is 402 g/mol. The Labute approximate surface area is 187 Å². The quantitative estimate of drug-likeness (QED) is 0.268. The third kappa shape index (κ3) is 15.8. The van der Waals surface area contributed by atoms with Gasteiger partial charge in [0.1, 0.15) is 5.69 Å². The minimum absolute atomic E-state index is 0.307. The summed E-state index contributed by atoms with van der Waals surface area (Å²) >= 11 is 0. The maximum atomic E-state index is 11.6. The van der Waals surface area contributed by atoms with Gasteiger partial charge in [0.15, 0.2) is 0 Å². The summed E-state index contributed by atoms with van der Waals surface area (Å²) < 4.78 is 26.0. The van der Waals surface area contributed by atoms with Gasteiger partial charge < -0.3 is 29.0 Å². The van der Waals surface area contributed by atoms with E-state index in [0.717, 1.165) is 31.9 Å². The first-order chi connectivity index (χ1) is 15.2. The molecule has 0 radical (unpaired) electrons. The van der Waals surface area contributed by atoms with E-state index >= 15 is 0 Å². The molecule has 0 saturated heterocycles. The van der Waals surface area contributed by atoms with Gasteiger partial charge in [0, 0.05) is 46.9 Å². The molecule has 0 saturated carbocycles. The van der Waals surface area contributed by atoms with E-state index in [1.165, 1.54) is 7.11 Å². The maximum absolute atomic E-state index is 11.6. The van der Waals surface area contributed by atoms with Crippen LogP contribution < -0.4 is 5.32 Å². The van der Waals surface area contributed by atoms with Gasteiger partial charge in [-0.1, -0.05) is 19.9 Å². The summed E-state index contributed by atoms with van der Waals surface area (Å²) in [5.41, 5.74) is 1.11. The second kappa shape index (κ2) is 21.6. The van der Waals surface area contributed by atoms with Crippen molar-refractivity contribution < 1.29 is 28.5 Å². The normalized spacial score (nSPS) is 10.6. The van der Waals surface area contributed by atoms with Crippen LogP contribution in [0.15, 0.2) is 18.2 Å². The van der Waals surface area contributed by atoms with Gasteiger partial charge in [-0.15, -0.1) is 0 Å². The van der Waals surface area contributed by atoms with Crippen LogP contribution in [0.4, 0.5) is 0 Å². The van der Waals surface area contributed by atoms with Crippen LogP contribution in [0.2, 0.25) is 0 Å². The van der Waals surface area contributed by atoms with Crippen LogP contribution >= 0.6 is 0 Å². The molecule has 1 aromatic heterocycles. The summed E-state index contributed by atoms with van der Waals surface area (Å²) in [6, 6.07) is 5.34. The van der Waals surface area contributed by atoms with Gasteiger partial charge in [-0.3, -0.25) is 4.90 Å². The van der Waals surface area contributed by atoms with Gasteiger partial charge in [0.05, 0.1) is 52.4 Å². The van der Waals surface area contributed by atoms with E-state index in [0.29, 0.717) is 51.9 Å². The number of hydrogen-bond acceptors (Lipinski definition) is 9. The number of rotatable bonds is 18. The highest BCUT2D eigenvalue weighted by atomic mass is 16.5. The maximum Gasteiger partial charge on any atom is 0.356 e. The molecule has 1 rings (SSSR count). The molecule has 1 heterocycles. The number of nitrogens with one attached hydrogen (secondary N) is 1. The van der Waals surface area contributed by atoms with Gasteiger partial charge in [0.25, 0.3) is 0 Å². The third-order valence-corrected chi connectivity index (χ3v) is 4.03. The molecule has 31 heavy (non-hydrogen) atoms. The molecule has 1 N–H and O–H groups in total. The van der Waals surface area contributed by atoms with Crippen molar-refractivity contribution in [2.75, 3.05) is 87.1 Å². The number of methoxy groups -OCH3 is 3. The van der Waals surface area contributed by atoms with Crippen molar-refractivity contribution in [3.63, 3.8) is 0 Å². The predicted molar refractivity (Wildman–Crippen MR) is 120 cm³/mol. The predicted octanol–water partition coefficient (Wildman–Crippen LogP) is 1.61. The van der Waals surface area contributed by atoms with Crippen LogP contribution in [-0.4, -0.2) is 103 Å². The molecular formula is C22H41N3O6. The highest BCUT2D eigenvalue weighted by molar-refractivity contribution is 5.87. The van der Waals surface area contributed by atoms with E-state index in [9.17, 15) is 4.79 Å². The first-order valence-electron chi connectivity index (χ1n) is 10.8. The van der Waals surface area contributed by atoms with Crippen LogP contribution in [0.1, 0.15) is 30.0 Å². The van der Waals surface area contributed by atoms with E-state index in [4.69, 9.17) is 23.7 Å². The smallest absolute Gasteiger partial charge is 0.356 e. The number of hydrogen-bond donors (Lipinski definition) is 1. The number of ether oxygens (including phenoxy) is 5. The molecule has 0 aliphatic carbocycles. The van der Waals surface area contributed by atoms with Crippen LogP contribution in [-0.2, 0) is 30.2 Å². The molecule has 0 aliphatic heterocycles. The van der Waals surface area contributed by atoms with Crippen LogP contribution in [0.3, 0.4) is 0 Å². The fourth-order valence-electron chi connectivity index (χ4n) is 2.46. The second-order valence-electron chi connectivity index (χ2n) is 6.24. The average molecular weight is 444 g/mol. The Hall–Kier alpha value is -1.62. The van der Waals surface area contributed by atoms with E-state index < -0.39 is 5.97 Å². The lowest BCUT2D eigenvalue weighted by Gasteiger charge is -2.21. The van der Waals surface area contributed by atoms with Crippen molar-refractivity contribution >= 4 is 5.97 Å². The highest BCUT2D eigenvalue weighted by Crippen LogP contribution is 2.05. The van der Waals surface area contributed by atoms with E-state index in [2.05, 4.69) is 15.2 Å². The van der Waals surface area contributed by atoms with E-state index in [-0.39, 0.29) is 0 Å². The fourth-order valence-corrected chi connectivity index (χ4v) is 2.46. The standard InChI is InChI=1S/C20H35N3O6.C2H6/c1-25-11-7-21-8-12-28-15-16-29-14-10-23(9-13-26-2)17-18-5-4-6-19(22-18)20(24)27-3;1-2/h4-6,21H,7-17H2,1-3H3;1-2H3. The molecule has 1 aromatic rings. The zero-order valence-electron chi connectivity index (χ0n) is 19.9. The molecule has 0 atom stereocenters. The Morgan fingerprint density at radius 2 is 1.55 bits per heavy atom. The molecule has 0 aromatic carbocycles. The molecule has 0 aliphatic rings. The number of carbonyl (C=O) groups is 1.